The fourth-order valence-corrected chi connectivity index (χ4v) is 3.02. The summed E-state index contributed by atoms with van der Waals surface area (Å²) in [5.41, 5.74) is 2.49. The molecule has 0 saturated carbocycles. The quantitative estimate of drug-likeness (QED) is 0.471. The Balaban J connectivity index is 2.98. The average Bonchev–Trinajstić information content (AvgIpc) is 2.27. The number of ether oxygens (including phenoxy) is 1. The normalized spacial score (nSPS) is 10.8. The molecule has 0 N–H and O–H groups in total. The van der Waals surface area contributed by atoms with E-state index in [-0.39, 0.29) is 0 Å². The Hall–Kier alpha value is -1.80. The predicted molar refractivity (Wildman–Crippen MR) is 73.7 cm³/mol. The number of aryl methyl sites for hydroxylation is 3. The van der Waals surface area contributed by atoms with Gasteiger partial charge in [0.1, 0.15) is 0 Å². The standard InChI is InChI=1S/C14H16O4P/c1-5-18-12(15)8-19(17)14(16)13-10(3)6-9(2)7-11(13)4/h5-7H,1,8H2,2-4H3/q+1. The van der Waals surface area contributed by atoms with Crippen molar-refractivity contribution in [1.29, 1.82) is 0 Å². The van der Waals surface area contributed by atoms with Crippen LogP contribution in [-0.2, 0) is 14.1 Å². The molecule has 1 aromatic rings. The lowest BCUT2D eigenvalue weighted by molar-refractivity contribution is -0.134. The number of hydrogen-bond donors (Lipinski definition) is 0. The Labute approximate surface area is 113 Å². The first-order valence-corrected chi connectivity index (χ1v) is 7.18. The van der Waals surface area contributed by atoms with Gasteiger partial charge in [-0.15, -0.1) is 0 Å². The lowest BCUT2D eigenvalue weighted by Gasteiger charge is -2.05. The van der Waals surface area contributed by atoms with Crippen molar-refractivity contribution in [3.05, 3.63) is 47.2 Å². The van der Waals surface area contributed by atoms with E-state index in [1.54, 1.807) is 13.8 Å². The van der Waals surface area contributed by atoms with Crippen LogP contribution in [0.25, 0.3) is 0 Å². The second-order valence-electron chi connectivity index (χ2n) is 4.27. The number of esters is 1. The van der Waals surface area contributed by atoms with Crippen molar-refractivity contribution in [2.24, 2.45) is 0 Å². The molecule has 0 aliphatic rings. The van der Waals surface area contributed by atoms with Gasteiger partial charge in [-0.1, -0.05) is 28.8 Å². The monoisotopic (exact) mass is 279 g/mol. The maximum absolute atomic E-state index is 12.1. The Morgan fingerprint density at radius 3 is 2.26 bits per heavy atom. The van der Waals surface area contributed by atoms with Crippen molar-refractivity contribution in [3.8, 4) is 0 Å². The fourth-order valence-electron chi connectivity index (χ4n) is 1.96. The van der Waals surface area contributed by atoms with Crippen LogP contribution in [0.15, 0.2) is 25.0 Å². The van der Waals surface area contributed by atoms with Crippen LogP contribution in [0, 0.1) is 20.8 Å². The lowest BCUT2D eigenvalue weighted by Crippen LogP contribution is -2.08. The Morgan fingerprint density at radius 1 is 1.26 bits per heavy atom. The van der Waals surface area contributed by atoms with Crippen LogP contribution in [-0.4, -0.2) is 17.7 Å². The summed E-state index contributed by atoms with van der Waals surface area (Å²) in [4.78, 5) is 23.3. The molecule has 0 aliphatic heterocycles. The molecular formula is C14H16O4P+. The Morgan fingerprint density at radius 2 is 1.79 bits per heavy atom. The summed E-state index contributed by atoms with van der Waals surface area (Å²) in [5.74, 6) is -0.716. The van der Waals surface area contributed by atoms with Crippen molar-refractivity contribution >= 4 is 19.3 Å². The molecule has 0 amide bonds. The van der Waals surface area contributed by atoms with E-state index in [9.17, 15) is 14.2 Å². The van der Waals surface area contributed by atoms with E-state index in [1.165, 1.54) is 0 Å². The molecule has 0 spiro atoms. The van der Waals surface area contributed by atoms with Crippen molar-refractivity contribution in [1.82, 2.24) is 0 Å². The molecule has 1 unspecified atom stereocenters. The van der Waals surface area contributed by atoms with Gasteiger partial charge in [0.2, 0.25) is 0 Å². The summed E-state index contributed by atoms with van der Waals surface area (Å²) in [6.45, 7) is 8.73. The number of carbonyl (C=O) groups is 2. The van der Waals surface area contributed by atoms with Crippen LogP contribution in [0.4, 0.5) is 0 Å². The van der Waals surface area contributed by atoms with Gasteiger partial charge in [0.25, 0.3) is 6.16 Å². The molecule has 0 aromatic heterocycles. The molecule has 1 rings (SSSR count). The number of rotatable bonds is 5. The molecule has 1 atom stereocenters. The van der Waals surface area contributed by atoms with Gasteiger partial charge in [-0.05, 0) is 31.9 Å². The van der Waals surface area contributed by atoms with Gasteiger partial charge in [-0.2, -0.15) is 0 Å². The summed E-state index contributed by atoms with van der Waals surface area (Å²) in [6, 6.07) is 3.71. The maximum Gasteiger partial charge on any atom is 0.431 e. The van der Waals surface area contributed by atoms with E-state index in [1.807, 2.05) is 19.1 Å². The third kappa shape index (κ3) is 3.83. The third-order valence-electron chi connectivity index (χ3n) is 2.60. The van der Waals surface area contributed by atoms with Crippen molar-refractivity contribution in [2.45, 2.75) is 20.8 Å². The summed E-state index contributed by atoms with van der Waals surface area (Å²) in [5, 5.41) is 0. The number of benzene rings is 1. The number of hydrogen-bond acceptors (Lipinski definition) is 4. The molecule has 0 saturated heterocycles. The SMILES string of the molecule is C=COC(=O)C[P+](=O)C(=O)c1c(C)cc(C)cc1C. The lowest BCUT2D eigenvalue weighted by atomic mass is 10.0. The molecule has 0 heterocycles. The first-order valence-electron chi connectivity index (χ1n) is 5.74. The smallest absolute Gasteiger partial charge is 0.431 e. The molecular weight excluding hydrogens is 263 g/mol. The zero-order chi connectivity index (χ0) is 14.6. The van der Waals surface area contributed by atoms with E-state index in [0.717, 1.165) is 23.0 Å². The minimum Gasteiger partial charge on any atom is -0.432 e. The van der Waals surface area contributed by atoms with Crippen molar-refractivity contribution in [2.75, 3.05) is 6.16 Å². The molecule has 4 nitrogen and oxygen atoms in total. The van der Waals surface area contributed by atoms with Crippen molar-refractivity contribution in [3.63, 3.8) is 0 Å². The van der Waals surface area contributed by atoms with Gasteiger partial charge in [0.05, 0.1) is 11.8 Å². The molecule has 5 heteroatoms. The minimum absolute atomic E-state index is 0.424. The van der Waals surface area contributed by atoms with Crippen LogP contribution in [0.1, 0.15) is 27.0 Å². The van der Waals surface area contributed by atoms with Crippen LogP contribution < -0.4 is 0 Å². The zero-order valence-electron chi connectivity index (χ0n) is 11.2. The van der Waals surface area contributed by atoms with Gasteiger partial charge in [-0.3, -0.25) is 0 Å². The molecule has 19 heavy (non-hydrogen) atoms. The van der Waals surface area contributed by atoms with Gasteiger partial charge in [-0.25, -0.2) is 9.59 Å². The highest BCUT2D eigenvalue weighted by atomic mass is 31.1. The van der Waals surface area contributed by atoms with Gasteiger partial charge in [0, 0.05) is 0 Å². The summed E-state index contributed by atoms with van der Waals surface area (Å²) >= 11 is 0. The molecule has 0 fully saturated rings. The first-order chi connectivity index (χ1) is 8.86. The summed E-state index contributed by atoms with van der Waals surface area (Å²) in [7, 11) is -2.32. The van der Waals surface area contributed by atoms with Crippen LogP contribution in [0.2, 0.25) is 0 Å². The summed E-state index contributed by atoms with van der Waals surface area (Å²) in [6.07, 6.45) is 0.533. The van der Waals surface area contributed by atoms with E-state index in [4.69, 9.17) is 0 Å². The summed E-state index contributed by atoms with van der Waals surface area (Å²) < 4.78 is 16.3. The van der Waals surface area contributed by atoms with E-state index in [2.05, 4.69) is 11.3 Å². The molecule has 100 valence electrons. The van der Waals surface area contributed by atoms with Gasteiger partial charge in [0.15, 0.2) is 0 Å². The first kappa shape index (κ1) is 15.3. The second kappa shape index (κ2) is 6.39. The second-order valence-corrected chi connectivity index (χ2v) is 5.75. The largest absolute Gasteiger partial charge is 0.432 e. The number of carbonyl (C=O) groups excluding carboxylic acids is 2. The molecule has 0 bridgehead atoms. The Bertz CT molecular complexity index is 538. The molecule has 1 aromatic carbocycles. The zero-order valence-corrected chi connectivity index (χ0v) is 12.1. The Kier molecular flexibility index (Phi) is 5.13. The van der Waals surface area contributed by atoms with E-state index >= 15 is 0 Å². The highest BCUT2D eigenvalue weighted by Crippen LogP contribution is 2.30. The van der Waals surface area contributed by atoms with E-state index < -0.39 is 25.5 Å². The highest BCUT2D eigenvalue weighted by molar-refractivity contribution is 7.65. The fraction of sp³-hybridized carbons (Fsp3) is 0.286. The highest BCUT2D eigenvalue weighted by Gasteiger charge is 2.35. The predicted octanol–water partition coefficient (Wildman–Crippen LogP) is 3.27. The third-order valence-corrected chi connectivity index (χ3v) is 3.83. The van der Waals surface area contributed by atoms with Crippen LogP contribution in [0.3, 0.4) is 0 Å². The average molecular weight is 279 g/mol. The van der Waals surface area contributed by atoms with Crippen LogP contribution in [0.5, 0.6) is 0 Å². The maximum atomic E-state index is 12.1. The van der Waals surface area contributed by atoms with Gasteiger partial charge < -0.3 is 4.74 Å². The topological polar surface area (TPSA) is 60.4 Å². The minimum atomic E-state index is -2.32. The molecule has 0 aliphatic carbocycles. The molecule has 0 radical (unpaired) electrons. The van der Waals surface area contributed by atoms with Crippen LogP contribution >= 0.6 is 7.80 Å². The van der Waals surface area contributed by atoms with E-state index in [0.29, 0.717) is 5.56 Å². The van der Waals surface area contributed by atoms with Gasteiger partial charge >= 0.3 is 19.3 Å². The van der Waals surface area contributed by atoms with Crippen molar-refractivity contribution < 1.29 is 18.9 Å².